The normalized spacial score (nSPS) is 22.2. The van der Waals surface area contributed by atoms with Gasteiger partial charge in [-0.25, -0.2) is 4.98 Å². The van der Waals surface area contributed by atoms with Crippen molar-refractivity contribution >= 4 is 5.82 Å². The Morgan fingerprint density at radius 2 is 2.46 bits per heavy atom. The molecule has 70 valence electrons. The van der Waals surface area contributed by atoms with Gasteiger partial charge in [-0.3, -0.25) is 0 Å². The van der Waals surface area contributed by atoms with Crippen LogP contribution in [-0.4, -0.2) is 31.2 Å². The second kappa shape index (κ2) is 3.75. The van der Waals surface area contributed by atoms with Gasteiger partial charge in [-0.05, 0) is 25.6 Å². The molecule has 0 spiro atoms. The Hall–Kier alpha value is -1.09. The molecule has 0 aliphatic carbocycles. The minimum Gasteiger partial charge on any atom is -0.355 e. The summed E-state index contributed by atoms with van der Waals surface area (Å²) in [6, 6.07) is 6.68. The number of hydrogen-bond donors (Lipinski definition) is 1. The third kappa shape index (κ3) is 1.80. The lowest BCUT2D eigenvalue weighted by Gasteiger charge is -2.16. The molecule has 0 amide bonds. The van der Waals surface area contributed by atoms with E-state index in [1.165, 1.54) is 6.42 Å². The van der Waals surface area contributed by atoms with E-state index in [9.17, 15) is 0 Å². The maximum atomic E-state index is 4.33. The number of anilines is 1. The van der Waals surface area contributed by atoms with Crippen LogP contribution in [0.3, 0.4) is 0 Å². The fraction of sp³-hybridized carbons (Fsp3) is 0.500. The molecule has 3 heteroatoms. The first kappa shape index (κ1) is 8.51. The van der Waals surface area contributed by atoms with Gasteiger partial charge in [-0.15, -0.1) is 0 Å². The Bertz CT molecular complexity index is 260. The maximum absolute atomic E-state index is 4.33. The fourth-order valence-corrected chi connectivity index (χ4v) is 1.74. The van der Waals surface area contributed by atoms with Gasteiger partial charge in [0.2, 0.25) is 0 Å². The van der Waals surface area contributed by atoms with E-state index >= 15 is 0 Å². The second-order valence-electron chi connectivity index (χ2n) is 3.41. The summed E-state index contributed by atoms with van der Waals surface area (Å²) in [6.45, 7) is 2.19. The first-order chi connectivity index (χ1) is 6.40. The van der Waals surface area contributed by atoms with Crippen molar-refractivity contribution in [3.63, 3.8) is 0 Å². The maximum Gasteiger partial charge on any atom is 0.128 e. The first-order valence-electron chi connectivity index (χ1n) is 4.73. The lowest BCUT2D eigenvalue weighted by molar-refractivity contribution is 0.616. The minimum atomic E-state index is 0.627. The highest BCUT2D eigenvalue weighted by molar-refractivity contribution is 5.39. The summed E-state index contributed by atoms with van der Waals surface area (Å²) < 4.78 is 0. The van der Waals surface area contributed by atoms with Crippen LogP contribution in [0.25, 0.3) is 0 Å². The zero-order valence-electron chi connectivity index (χ0n) is 7.90. The molecule has 13 heavy (non-hydrogen) atoms. The molecule has 3 nitrogen and oxygen atoms in total. The Morgan fingerprint density at radius 1 is 1.54 bits per heavy atom. The van der Waals surface area contributed by atoms with Crippen LogP contribution in [0, 0.1) is 0 Å². The molecule has 0 unspecified atom stereocenters. The van der Waals surface area contributed by atoms with Crippen molar-refractivity contribution < 1.29 is 0 Å². The topological polar surface area (TPSA) is 28.2 Å². The quantitative estimate of drug-likeness (QED) is 0.727. The number of rotatable bonds is 2. The summed E-state index contributed by atoms with van der Waals surface area (Å²) in [5, 5.41) is 3.29. The van der Waals surface area contributed by atoms with E-state index < -0.39 is 0 Å². The fourth-order valence-electron chi connectivity index (χ4n) is 1.74. The lowest BCUT2D eigenvalue weighted by Crippen LogP contribution is -2.29. The molecule has 1 atom stereocenters. The van der Waals surface area contributed by atoms with Gasteiger partial charge in [0.1, 0.15) is 5.82 Å². The van der Waals surface area contributed by atoms with Crippen molar-refractivity contribution in [2.45, 2.75) is 12.5 Å². The van der Waals surface area contributed by atoms with E-state index in [4.69, 9.17) is 0 Å². The van der Waals surface area contributed by atoms with Gasteiger partial charge in [0, 0.05) is 25.3 Å². The molecule has 1 aromatic rings. The Kier molecular flexibility index (Phi) is 2.45. The Morgan fingerprint density at radius 3 is 3.08 bits per heavy atom. The molecule has 1 N–H and O–H groups in total. The minimum absolute atomic E-state index is 0.627. The SMILES string of the molecule is CN[C@H]1CCN(c2ccccn2)C1. The molecule has 1 fully saturated rings. The van der Waals surface area contributed by atoms with Crippen molar-refractivity contribution in [2.75, 3.05) is 25.0 Å². The van der Waals surface area contributed by atoms with Crippen LogP contribution in [0.15, 0.2) is 24.4 Å². The van der Waals surface area contributed by atoms with Crippen molar-refractivity contribution in [1.29, 1.82) is 0 Å². The van der Waals surface area contributed by atoms with Crippen LogP contribution in [0.5, 0.6) is 0 Å². The third-order valence-electron chi connectivity index (χ3n) is 2.57. The average molecular weight is 177 g/mol. The number of hydrogen-bond acceptors (Lipinski definition) is 3. The smallest absolute Gasteiger partial charge is 0.128 e. The summed E-state index contributed by atoms with van der Waals surface area (Å²) in [4.78, 5) is 6.65. The van der Waals surface area contributed by atoms with E-state index in [0.717, 1.165) is 18.9 Å². The van der Waals surface area contributed by atoms with Gasteiger partial charge < -0.3 is 10.2 Å². The molecule has 0 aromatic carbocycles. The Labute approximate surface area is 78.8 Å². The van der Waals surface area contributed by atoms with Crippen molar-refractivity contribution in [3.8, 4) is 0 Å². The molecule has 0 saturated carbocycles. The van der Waals surface area contributed by atoms with Crippen LogP contribution in [0.1, 0.15) is 6.42 Å². The van der Waals surface area contributed by atoms with E-state index in [0.29, 0.717) is 6.04 Å². The summed E-state index contributed by atoms with van der Waals surface area (Å²) >= 11 is 0. The standard InChI is InChI=1S/C10H15N3/c1-11-9-5-7-13(8-9)10-4-2-3-6-12-10/h2-4,6,9,11H,5,7-8H2,1H3/t9-/m0/s1. The van der Waals surface area contributed by atoms with Gasteiger partial charge in [-0.1, -0.05) is 6.07 Å². The predicted molar refractivity (Wildman–Crippen MR) is 53.9 cm³/mol. The average Bonchev–Trinajstić information content (AvgIpc) is 2.67. The molecule has 2 rings (SSSR count). The van der Waals surface area contributed by atoms with Crippen LogP contribution < -0.4 is 10.2 Å². The van der Waals surface area contributed by atoms with Crippen LogP contribution >= 0.6 is 0 Å². The molecular weight excluding hydrogens is 162 g/mol. The summed E-state index contributed by atoms with van der Waals surface area (Å²) in [5.74, 6) is 1.10. The van der Waals surface area contributed by atoms with E-state index in [1.54, 1.807) is 0 Å². The van der Waals surface area contributed by atoms with Crippen LogP contribution in [0.2, 0.25) is 0 Å². The number of aromatic nitrogens is 1. The van der Waals surface area contributed by atoms with Crippen LogP contribution in [-0.2, 0) is 0 Å². The summed E-state index contributed by atoms with van der Waals surface area (Å²) in [6.07, 6.45) is 3.06. The molecule has 1 aliphatic heterocycles. The molecule has 0 radical (unpaired) electrons. The summed E-state index contributed by atoms with van der Waals surface area (Å²) in [7, 11) is 2.02. The monoisotopic (exact) mass is 177 g/mol. The first-order valence-corrected chi connectivity index (χ1v) is 4.73. The predicted octanol–water partition coefficient (Wildman–Crippen LogP) is 0.880. The van der Waals surface area contributed by atoms with Crippen molar-refractivity contribution in [2.24, 2.45) is 0 Å². The van der Waals surface area contributed by atoms with E-state index in [2.05, 4.69) is 21.3 Å². The van der Waals surface area contributed by atoms with Crippen LogP contribution in [0.4, 0.5) is 5.82 Å². The highest BCUT2D eigenvalue weighted by atomic mass is 15.2. The highest BCUT2D eigenvalue weighted by Crippen LogP contribution is 2.16. The third-order valence-corrected chi connectivity index (χ3v) is 2.57. The van der Waals surface area contributed by atoms with Crippen molar-refractivity contribution in [1.82, 2.24) is 10.3 Å². The zero-order chi connectivity index (χ0) is 9.10. The van der Waals surface area contributed by atoms with E-state index in [-0.39, 0.29) is 0 Å². The largest absolute Gasteiger partial charge is 0.355 e. The van der Waals surface area contributed by atoms with Crippen molar-refractivity contribution in [3.05, 3.63) is 24.4 Å². The number of likely N-dealkylation sites (N-methyl/N-ethyl adjacent to an activating group) is 1. The van der Waals surface area contributed by atoms with Gasteiger partial charge >= 0.3 is 0 Å². The number of pyridine rings is 1. The van der Waals surface area contributed by atoms with Gasteiger partial charge in [0.05, 0.1) is 0 Å². The lowest BCUT2D eigenvalue weighted by atomic mass is 10.3. The zero-order valence-corrected chi connectivity index (χ0v) is 7.90. The van der Waals surface area contributed by atoms with Gasteiger partial charge in [0.25, 0.3) is 0 Å². The molecule has 1 aromatic heterocycles. The molecular formula is C10H15N3. The molecule has 1 saturated heterocycles. The highest BCUT2D eigenvalue weighted by Gasteiger charge is 2.21. The molecule has 1 aliphatic rings. The molecule has 2 heterocycles. The number of nitrogens with zero attached hydrogens (tertiary/aromatic N) is 2. The van der Waals surface area contributed by atoms with Gasteiger partial charge in [-0.2, -0.15) is 0 Å². The summed E-state index contributed by atoms with van der Waals surface area (Å²) in [5.41, 5.74) is 0. The van der Waals surface area contributed by atoms with E-state index in [1.807, 2.05) is 25.4 Å². The second-order valence-corrected chi connectivity index (χ2v) is 3.41. The Balaban J connectivity index is 2.04. The van der Waals surface area contributed by atoms with Gasteiger partial charge in [0.15, 0.2) is 0 Å². The molecule has 0 bridgehead atoms. The number of nitrogens with one attached hydrogen (secondary N) is 1.